The molecular formula is C18H38NO8P. The van der Waals surface area contributed by atoms with E-state index in [0.717, 1.165) is 25.7 Å². The molecular weight excluding hydrogens is 389 g/mol. The standard InChI is InChI=1S/C18H38NO8P/c1-2-3-4-5-6-7-8-9-10-11-12-26-17(13-15(19)18(21)22)16(20)14-27-28(23,24)25/h15-17,20H,2-14,19H2,1H3,(H,21,22)(H2,23,24,25). The van der Waals surface area contributed by atoms with E-state index >= 15 is 0 Å². The van der Waals surface area contributed by atoms with Crippen molar-refractivity contribution in [3.05, 3.63) is 0 Å². The summed E-state index contributed by atoms with van der Waals surface area (Å²) in [5.74, 6) is -1.24. The van der Waals surface area contributed by atoms with Crippen molar-refractivity contribution in [2.75, 3.05) is 13.2 Å². The van der Waals surface area contributed by atoms with Crippen LogP contribution < -0.4 is 5.73 Å². The van der Waals surface area contributed by atoms with Gasteiger partial charge in [0.2, 0.25) is 0 Å². The van der Waals surface area contributed by atoms with Crippen molar-refractivity contribution in [2.24, 2.45) is 5.73 Å². The smallest absolute Gasteiger partial charge is 0.469 e. The van der Waals surface area contributed by atoms with Crippen LogP contribution in [0, 0.1) is 0 Å². The molecule has 0 aliphatic heterocycles. The molecule has 0 heterocycles. The Balaban J connectivity index is 4.07. The number of phosphoric acid groups is 1. The van der Waals surface area contributed by atoms with Crippen LogP contribution in [-0.4, -0.2) is 57.4 Å². The third-order valence-corrected chi connectivity index (χ3v) is 4.96. The summed E-state index contributed by atoms with van der Waals surface area (Å²) in [6.07, 6.45) is 9.04. The molecule has 168 valence electrons. The number of aliphatic hydroxyl groups is 1. The highest BCUT2D eigenvalue weighted by molar-refractivity contribution is 7.46. The molecule has 0 saturated heterocycles. The van der Waals surface area contributed by atoms with Gasteiger partial charge in [-0.15, -0.1) is 0 Å². The summed E-state index contributed by atoms with van der Waals surface area (Å²) in [6, 6.07) is -1.25. The molecule has 0 aromatic rings. The second-order valence-corrected chi connectivity index (χ2v) is 8.36. The highest BCUT2D eigenvalue weighted by atomic mass is 31.2. The molecule has 0 aliphatic carbocycles. The van der Waals surface area contributed by atoms with Crippen LogP contribution in [0.25, 0.3) is 0 Å². The van der Waals surface area contributed by atoms with E-state index in [1.54, 1.807) is 0 Å². The number of unbranched alkanes of at least 4 members (excludes halogenated alkanes) is 9. The molecule has 0 aliphatic rings. The first-order valence-corrected chi connectivity index (χ1v) is 11.7. The molecule has 3 unspecified atom stereocenters. The third kappa shape index (κ3) is 16.4. The van der Waals surface area contributed by atoms with Crippen LogP contribution in [0.3, 0.4) is 0 Å². The molecule has 0 bridgehead atoms. The average molecular weight is 427 g/mol. The maximum atomic E-state index is 10.9. The van der Waals surface area contributed by atoms with Gasteiger partial charge in [0, 0.05) is 13.0 Å². The maximum Gasteiger partial charge on any atom is 0.469 e. The number of phosphoric ester groups is 1. The summed E-state index contributed by atoms with van der Waals surface area (Å²) in [5.41, 5.74) is 5.48. The third-order valence-electron chi connectivity index (χ3n) is 4.48. The molecule has 0 rings (SSSR count). The molecule has 0 fully saturated rings. The van der Waals surface area contributed by atoms with E-state index in [0.29, 0.717) is 6.61 Å². The van der Waals surface area contributed by atoms with Gasteiger partial charge in [0.25, 0.3) is 0 Å². The summed E-state index contributed by atoms with van der Waals surface area (Å²) >= 11 is 0. The number of carbonyl (C=O) groups is 1. The number of carboxylic acids is 1. The first kappa shape index (κ1) is 27.5. The Morgan fingerprint density at radius 1 is 1.00 bits per heavy atom. The first-order chi connectivity index (χ1) is 13.2. The number of nitrogens with two attached hydrogens (primary N) is 1. The van der Waals surface area contributed by atoms with Crippen LogP contribution in [0.5, 0.6) is 0 Å². The highest BCUT2D eigenvalue weighted by Crippen LogP contribution is 2.36. The Morgan fingerprint density at radius 3 is 1.96 bits per heavy atom. The second-order valence-electron chi connectivity index (χ2n) is 7.13. The monoisotopic (exact) mass is 427 g/mol. The van der Waals surface area contributed by atoms with Crippen LogP contribution >= 0.6 is 7.82 Å². The van der Waals surface area contributed by atoms with Gasteiger partial charge in [0.05, 0.1) is 12.7 Å². The van der Waals surface area contributed by atoms with Crippen LogP contribution in [0.4, 0.5) is 0 Å². The fraction of sp³-hybridized carbons (Fsp3) is 0.944. The number of aliphatic hydroxyl groups excluding tert-OH is 1. The lowest BCUT2D eigenvalue weighted by atomic mass is 10.1. The van der Waals surface area contributed by atoms with Crippen molar-refractivity contribution in [1.82, 2.24) is 0 Å². The zero-order chi connectivity index (χ0) is 21.4. The van der Waals surface area contributed by atoms with Crippen molar-refractivity contribution < 1.29 is 38.6 Å². The molecule has 3 atom stereocenters. The molecule has 0 radical (unpaired) electrons. The average Bonchev–Trinajstić information content (AvgIpc) is 2.62. The van der Waals surface area contributed by atoms with Crippen molar-refractivity contribution >= 4 is 13.8 Å². The lowest BCUT2D eigenvalue weighted by molar-refractivity contribution is -0.140. The van der Waals surface area contributed by atoms with E-state index in [1.165, 1.54) is 38.5 Å². The Labute approximate surface area is 167 Å². The van der Waals surface area contributed by atoms with E-state index in [4.69, 9.17) is 25.4 Å². The summed E-state index contributed by atoms with van der Waals surface area (Å²) in [7, 11) is -4.73. The number of hydrogen-bond donors (Lipinski definition) is 5. The molecule has 0 aromatic carbocycles. The minimum absolute atomic E-state index is 0.182. The Hall–Kier alpha value is -0.540. The predicted molar refractivity (Wildman–Crippen MR) is 106 cm³/mol. The topological polar surface area (TPSA) is 160 Å². The van der Waals surface area contributed by atoms with Gasteiger partial charge in [-0.2, -0.15) is 0 Å². The SMILES string of the molecule is CCCCCCCCCCCCOC(CC(N)C(=O)O)C(O)COP(=O)(O)O. The van der Waals surface area contributed by atoms with E-state index in [2.05, 4.69) is 11.4 Å². The predicted octanol–water partition coefficient (Wildman–Crippen LogP) is 2.56. The van der Waals surface area contributed by atoms with Gasteiger partial charge in [-0.3, -0.25) is 9.32 Å². The van der Waals surface area contributed by atoms with Crippen molar-refractivity contribution in [3.63, 3.8) is 0 Å². The number of ether oxygens (including phenoxy) is 1. The number of rotatable bonds is 19. The van der Waals surface area contributed by atoms with E-state index in [-0.39, 0.29) is 6.42 Å². The molecule has 6 N–H and O–H groups in total. The molecule has 9 nitrogen and oxygen atoms in total. The quantitative estimate of drug-likeness (QED) is 0.154. The van der Waals surface area contributed by atoms with Crippen LogP contribution in [-0.2, 0) is 18.6 Å². The molecule has 0 amide bonds. The lowest BCUT2D eigenvalue weighted by Crippen LogP contribution is -2.41. The molecule has 0 spiro atoms. The van der Waals surface area contributed by atoms with Crippen LogP contribution in [0.2, 0.25) is 0 Å². The van der Waals surface area contributed by atoms with Gasteiger partial charge in [-0.1, -0.05) is 64.7 Å². The van der Waals surface area contributed by atoms with Crippen LogP contribution in [0.1, 0.15) is 77.6 Å². The van der Waals surface area contributed by atoms with Gasteiger partial charge >= 0.3 is 13.8 Å². The van der Waals surface area contributed by atoms with E-state index in [1.807, 2.05) is 0 Å². The first-order valence-electron chi connectivity index (χ1n) is 10.2. The number of aliphatic carboxylic acids is 1. The summed E-state index contributed by atoms with van der Waals surface area (Å²) in [5, 5.41) is 18.9. The molecule has 0 aromatic heterocycles. The summed E-state index contributed by atoms with van der Waals surface area (Å²) in [4.78, 5) is 28.3. The number of carboxylic acid groups (broad SMARTS) is 1. The molecule has 28 heavy (non-hydrogen) atoms. The Bertz CT molecular complexity index is 445. The minimum Gasteiger partial charge on any atom is -0.480 e. The van der Waals surface area contributed by atoms with E-state index < -0.39 is 38.6 Å². The lowest BCUT2D eigenvalue weighted by Gasteiger charge is -2.25. The van der Waals surface area contributed by atoms with Crippen molar-refractivity contribution in [3.8, 4) is 0 Å². The van der Waals surface area contributed by atoms with Gasteiger partial charge in [-0.05, 0) is 6.42 Å². The fourth-order valence-electron chi connectivity index (χ4n) is 2.79. The normalized spacial score (nSPS) is 15.3. The van der Waals surface area contributed by atoms with Crippen molar-refractivity contribution in [2.45, 2.75) is 95.8 Å². The molecule has 0 saturated carbocycles. The zero-order valence-corrected chi connectivity index (χ0v) is 17.8. The zero-order valence-electron chi connectivity index (χ0n) is 16.9. The van der Waals surface area contributed by atoms with Gasteiger partial charge < -0.3 is 30.5 Å². The van der Waals surface area contributed by atoms with Crippen LogP contribution in [0.15, 0.2) is 0 Å². The van der Waals surface area contributed by atoms with Gasteiger partial charge in [-0.25, -0.2) is 4.57 Å². The second kappa shape index (κ2) is 16.3. The number of hydrogen-bond acceptors (Lipinski definition) is 6. The summed E-state index contributed by atoms with van der Waals surface area (Å²) < 4.78 is 20.6. The summed E-state index contributed by atoms with van der Waals surface area (Å²) in [6.45, 7) is 1.84. The fourth-order valence-corrected chi connectivity index (χ4v) is 3.14. The minimum atomic E-state index is -4.73. The van der Waals surface area contributed by atoms with E-state index in [9.17, 15) is 14.5 Å². The Kier molecular flexibility index (Phi) is 16.0. The largest absolute Gasteiger partial charge is 0.480 e. The van der Waals surface area contributed by atoms with Crippen molar-refractivity contribution in [1.29, 1.82) is 0 Å². The maximum absolute atomic E-state index is 10.9. The Morgan fingerprint density at radius 2 is 1.50 bits per heavy atom. The molecule has 10 heteroatoms. The highest BCUT2D eigenvalue weighted by Gasteiger charge is 2.28. The van der Waals surface area contributed by atoms with Gasteiger partial charge in [0.1, 0.15) is 12.1 Å². The van der Waals surface area contributed by atoms with Gasteiger partial charge in [0.15, 0.2) is 0 Å².